The molecular formula is C40H50F4O2. The highest BCUT2D eigenvalue weighted by molar-refractivity contribution is 5.35. The molecule has 0 spiro atoms. The second kappa shape index (κ2) is 18.8. The number of benzene rings is 3. The lowest BCUT2D eigenvalue weighted by molar-refractivity contribution is 0.180. The normalized spacial score (nSPS) is 17.8. The molecule has 6 heteroatoms. The minimum absolute atomic E-state index is 0.106. The molecule has 0 aliphatic heterocycles. The summed E-state index contributed by atoms with van der Waals surface area (Å²) in [4.78, 5) is 0. The molecule has 1 saturated carbocycles. The van der Waals surface area contributed by atoms with Crippen molar-refractivity contribution in [2.75, 3.05) is 13.2 Å². The molecule has 1 fully saturated rings. The van der Waals surface area contributed by atoms with E-state index in [2.05, 4.69) is 25.6 Å². The summed E-state index contributed by atoms with van der Waals surface area (Å²) < 4.78 is 69.3. The number of hydrogen-bond acceptors (Lipinski definition) is 2. The summed E-state index contributed by atoms with van der Waals surface area (Å²) >= 11 is 0. The Bertz CT molecular complexity index is 1320. The van der Waals surface area contributed by atoms with Gasteiger partial charge >= 0.3 is 0 Å². The van der Waals surface area contributed by atoms with Gasteiger partial charge in [0.25, 0.3) is 0 Å². The van der Waals surface area contributed by atoms with Crippen LogP contribution in [0.1, 0.15) is 99.3 Å². The molecule has 250 valence electrons. The second-order valence-corrected chi connectivity index (χ2v) is 12.8. The molecule has 3 aromatic rings. The highest BCUT2D eigenvalue weighted by Gasteiger charge is 2.22. The largest absolute Gasteiger partial charge is 0.487 e. The number of ether oxygens (including phenoxy) is 2. The van der Waals surface area contributed by atoms with Crippen LogP contribution in [0.5, 0.6) is 11.5 Å². The van der Waals surface area contributed by atoms with Crippen molar-refractivity contribution in [3.05, 3.63) is 107 Å². The standard InChI is InChI=1S/C40H50F4O2/c1-3-5-6-7-8-9-10-30-11-13-31(14-12-30)25-35(41)27-45-37-23-24-38(40(44)39(37)43)46-28-36(42)26-32-17-21-34(22-18-32)33-19-15-29(4-2)16-20-33/h4,11-14,17-18,21-24,29,33,35-36H,2-3,5-10,15-16,19-20,25-28H2,1H3. The fourth-order valence-corrected chi connectivity index (χ4v) is 6.29. The first-order chi connectivity index (χ1) is 22.4. The van der Waals surface area contributed by atoms with Gasteiger partial charge in [0.05, 0.1) is 0 Å². The lowest BCUT2D eigenvalue weighted by atomic mass is 9.78. The number of hydrogen-bond donors (Lipinski definition) is 0. The molecule has 1 aliphatic rings. The summed E-state index contributed by atoms with van der Waals surface area (Å²) in [5.41, 5.74) is 4.14. The summed E-state index contributed by atoms with van der Waals surface area (Å²) in [5, 5.41) is 0. The van der Waals surface area contributed by atoms with Crippen LogP contribution in [0, 0.1) is 17.6 Å². The minimum atomic E-state index is -1.40. The van der Waals surface area contributed by atoms with Gasteiger partial charge in [-0.05, 0) is 84.7 Å². The minimum Gasteiger partial charge on any atom is -0.487 e. The van der Waals surface area contributed by atoms with Gasteiger partial charge < -0.3 is 9.47 Å². The topological polar surface area (TPSA) is 18.5 Å². The van der Waals surface area contributed by atoms with Crippen LogP contribution in [-0.2, 0) is 19.3 Å². The summed E-state index contributed by atoms with van der Waals surface area (Å²) in [7, 11) is 0. The first-order valence-electron chi connectivity index (χ1n) is 17.2. The quantitative estimate of drug-likeness (QED) is 0.0739. The van der Waals surface area contributed by atoms with Crippen molar-refractivity contribution in [2.24, 2.45) is 5.92 Å². The fourth-order valence-electron chi connectivity index (χ4n) is 6.29. The zero-order valence-corrected chi connectivity index (χ0v) is 27.3. The number of aryl methyl sites for hydroxylation is 1. The highest BCUT2D eigenvalue weighted by atomic mass is 19.2. The maximum absolute atomic E-state index is 14.7. The molecule has 0 radical (unpaired) electrons. The Labute approximate surface area is 273 Å². The lowest BCUT2D eigenvalue weighted by Gasteiger charge is -2.27. The zero-order valence-electron chi connectivity index (χ0n) is 27.3. The molecule has 1 aliphatic carbocycles. The number of halogens is 4. The third kappa shape index (κ3) is 11.2. The number of unbranched alkanes of at least 4 members (excludes halogenated alkanes) is 5. The number of rotatable bonds is 19. The molecule has 2 unspecified atom stereocenters. The Balaban J connectivity index is 1.17. The van der Waals surface area contributed by atoms with Crippen LogP contribution in [0.25, 0.3) is 0 Å². The van der Waals surface area contributed by atoms with E-state index in [9.17, 15) is 17.6 Å². The van der Waals surface area contributed by atoms with Gasteiger partial charge in [-0.3, -0.25) is 0 Å². The summed E-state index contributed by atoms with van der Waals surface area (Å²) in [6.45, 7) is 5.27. The molecule has 2 atom stereocenters. The van der Waals surface area contributed by atoms with Gasteiger partial charge in [0, 0.05) is 12.8 Å². The van der Waals surface area contributed by atoms with E-state index in [0.29, 0.717) is 11.8 Å². The average molecular weight is 639 g/mol. The molecule has 0 amide bonds. The number of allylic oxidation sites excluding steroid dienone is 1. The summed E-state index contributed by atoms with van der Waals surface area (Å²) in [6, 6.07) is 18.2. The van der Waals surface area contributed by atoms with Gasteiger partial charge in [0.2, 0.25) is 11.6 Å². The van der Waals surface area contributed by atoms with E-state index in [1.807, 2.05) is 42.5 Å². The van der Waals surface area contributed by atoms with E-state index >= 15 is 0 Å². The molecule has 4 rings (SSSR count). The van der Waals surface area contributed by atoms with Crippen molar-refractivity contribution >= 4 is 0 Å². The number of alkyl halides is 2. The first-order valence-corrected chi connectivity index (χ1v) is 17.2. The zero-order chi connectivity index (χ0) is 32.7. The molecule has 3 aromatic carbocycles. The third-order valence-electron chi connectivity index (χ3n) is 9.16. The predicted octanol–water partition coefficient (Wildman–Crippen LogP) is 11.2. The van der Waals surface area contributed by atoms with Crippen molar-refractivity contribution in [1.29, 1.82) is 0 Å². The second-order valence-electron chi connectivity index (χ2n) is 12.8. The lowest BCUT2D eigenvalue weighted by Crippen LogP contribution is -2.18. The maximum atomic E-state index is 14.7. The van der Waals surface area contributed by atoms with Crippen molar-refractivity contribution in [1.82, 2.24) is 0 Å². The summed E-state index contributed by atoms with van der Waals surface area (Å²) in [5.74, 6) is -2.25. The molecule has 0 heterocycles. The third-order valence-corrected chi connectivity index (χ3v) is 9.16. The molecule has 0 aromatic heterocycles. The van der Waals surface area contributed by atoms with Gasteiger partial charge in [-0.1, -0.05) is 93.6 Å². The van der Waals surface area contributed by atoms with E-state index in [-0.39, 0.29) is 12.8 Å². The van der Waals surface area contributed by atoms with Gasteiger partial charge in [0.15, 0.2) is 11.5 Å². The van der Waals surface area contributed by atoms with Gasteiger partial charge in [0.1, 0.15) is 25.6 Å². The van der Waals surface area contributed by atoms with Crippen molar-refractivity contribution in [3.8, 4) is 11.5 Å². The van der Waals surface area contributed by atoms with Crippen molar-refractivity contribution in [2.45, 2.75) is 109 Å². The van der Waals surface area contributed by atoms with Crippen molar-refractivity contribution < 1.29 is 27.0 Å². The Hall–Kier alpha value is -3.28. The average Bonchev–Trinajstić information content (AvgIpc) is 3.07. The first kappa shape index (κ1) is 35.6. The molecule has 0 bridgehead atoms. The molecule has 0 N–H and O–H groups in total. The van der Waals surface area contributed by atoms with Gasteiger partial charge in [-0.25, -0.2) is 8.78 Å². The van der Waals surface area contributed by atoms with E-state index in [0.717, 1.165) is 49.7 Å². The maximum Gasteiger partial charge on any atom is 0.204 e. The van der Waals surface area contributed by atoms with E-state index in [1.165, 1.54) is 55.4 Å². The van der Waals surface area contributed by atoms with Gasteiger partial charge in [-0.2, -0.15) is 8.78 Å². The fraction of sp³-hybridized carbons (Fsp3) is 0.500. The molecule has 0 saturated heterocycles. The molecule has 46 heavy (non-hydrogen) atoms. The van der Waals surface area contributed by atoms with E-state index in [4.69, 9.17) is 9.47 Å². The van der Waals surface area contributed by atoms with Crippen LogP contribution in [0.2, 0.25) is 0 Å². The summed E-state index contributed by atoms with van der Waals surface area (Å²) in [6.07, 6.45) is 12.5. The van der Waals surface area contributed by atoms with Crippen LogP contribution in [-0.4, -0.2) is 25.6 Å². The smallest absolute Gasteiger partial charge is 0.204 e. The predicted molar refractivity (Wildman–Crippen MR) is 179 cm³/mol. The van der Waals surface area contributed by atoms with Crippen LogP contribution >= 0.6 is 0 Å². The van der Waals surface area contributed by atoms with E-state index < -0.39 is 48.7 Å². The molecular weight excluding hydrogens is 588 g/mol. The molecule has 2 nitrogen and oxygen atoms in total. The van der Waals surface area contributed by atoms with Crippen molar-refractivity contribution in [3.63, 3.8) is 0 Å². The van der Waals surface area contributed by atoms with Crippen LogP contribution < -0.4 is 9.47 Å². The Kier molecular flexibility index (Phi) is 14.5. The monoisotopic (exact) mass is 638 g/mol. The Morgan fingerprint density at radius 1 is 0.674 bits per heavy atom. The SMILES string of the molecule is C=CC1CCC(c2ccc(CC(F)COc3ccc(OCC(F)Cc4ccc(CCCCCCCC)cc4)c(F)c3F)cc2)CC1. The van der Waals surface area contributed by atoms with Crippen LogP contribution in [0.3, 0.4) is 0 Å². The highest BCUT2D eigenvalue weighted by Crippen LogP contribution is 2.36. The Morgan fingerprint density at radius 2 is 1.15 bits per heavy atom. The van der Waals surface area contributed by atoms with E-state index in [1.54, 1.807) is 0 Å². The van der Waals surface area contributed by atoms with Crippen LogP contribution in [0.4, 0.5) is 17.6 Å². The van der Waals surface area contributed by atoms with Gasteiger partial charge in [-0.15, -0.1) is 6.58 Å². The van der Waals surface area contributed by atoms with Crippen LogP contribution in [0.15, 0.2) is 73.3 Å². The Morgan fingerprint density at radius 3 is 1.67 bits per heavy atom.